The summed E-state index contributed by atoms with van der Waals surface area (Å²) >= 11 is 0. The van der Waals surface area contributed by atoms with Crippen molar-refractivity contribution in [3.8, 4) is 11.4 Å². The lowest BCUT2D eigenvalue weighted by Gasteiger charge is -1.96. The molecular formula is C16H16N2. The van der Waals surface area contributed by atoms with Gasteiger partial charge in [-0.3, -0.25) is 0 Å². The first-order chi connectivity index (χ1) is 8.76. The summed E-state index contributed by atoms with van der Waals surface area (Å²) in [5.41, 5.74) is 5.88. The number of benzene rings is 2. The van der Waals surface area contributed by atoms with E-state index in [2.05, 4.69) is 66.3 Å². The van der Waals surface area contributed by atoms with E-state index in [1.807, 2.05) is 0 Å². The van der Waals surface area contributed by atoms with Crippen LogP contribution < -0.4 is 0 Å². The van der Waals surface area contributed by atoms with Gasteiger partial charge in [-0.15, -0.1) is 0 Å². The van der Waals surface area contributed by atoms with Crippen molar-refractivity contribution in [3.63, 3.8) is 0 Å². The maximum Gasteiger partial charge on any atom is 0.138 e. The molecule has 0 aliphatic heterocycles. The van der Waals surface area contributed by atoms with Gasteiger partial charge in [0.1, 0.15) is 5.82 Å². The molecule has 1 aromatic heterocycles. The molecule has 0 atom stereocenters. The Morgan fingerprint density at radius 2 is 1.83 bits per heavy atom. The van der Waals surface area contributed by atoms with E-state index in [1.165, 1.54) is 11.1 Å². The number of imidazole rings is 1. The van der Waals surface area contributed by atoms with Crippen LogP contribution in [0.1, 0.15) is 18.1 Å². The lowest BCUT2D eigenvalue weighted by atomic mass is 10.1. The SMILES string of the molecule is CCc1ccc2nc(-c3ccc(C)cc3)[nH]c2c1. The number of aromatic nitrogens is 2. The summed E-state index contributed by atoms with van der Waals surface area (Å²) < 4.78 is 0. The number of H-pyrrole nitrogens is 1. The predicted octanol–water partition coefficient (Wildman–Crippen LogP) is 4.10. The molecule has 1 N–H and O–H groups in total. The molecule has 0 unspecified atom stereocenters. The molecular weight excluding hydrogens is 220 g/mol. The highest BCUT2D eigenvalue weighted by Gasteiger charge is 2.05. The van der Waals surface area contributed by atoms with Gasteiger partial charge in [0.25, 0.3) is 0 Å². The molecule has 3 aromatic rings. The van der Waals surface area contributed by atoms with Crippen LogP contribution in [-0.4, -0.2) is 9.97 Å². The Kier molecular flexibility index (Phi) is 2.63. The van der Waals surface area contributed by atoms with Gasteiger partial charge in [0.15, 0.2) is 0 Å². The van der Waals surface area contributed by atoms with Crippen molar-refractivity contribution >= 4 is 11.0 Å². The van der Waals surface area contributed by atoms with Crippen molar-refractivity contribution in [2.45, 2.75) is 20.3 Å². The van der Waals surface area contributed by atoms with E-state index in [-0.39, 0.29) is 0 Å². The van der Waals surface area contributed by atoms with Crippen molar-refractivity contribution in [2.24, 2.45) is 0 Å². The highest BCUT2D eigenvalue weighted by atomic mass is 14.9. The Hall–Kier alpha value is -2.09. The van der Waals surface area contributed by atoms with Gasteiger partial charge in [0, 0.05) is 5.56 Å². The molecule has 3 rings (SSSR count). The van der Waals surface area contributed by atoms with E-state index in [0.29, 0.717) is 0 Å². The molecule has 0 amide bonds. The highest BCUT2D eigenvalue weighted by Crippen LogP contribution is 2.21. The molecule has 90 valence electrons. The van der Waals surface area contributed by atoms with Crippen LogP contribution in [0.5, 0.6) is 0 Å². The number of rotatable bonds is 2. The molecule has 0 aliphatic carbocycles. The summed E-state index contributed by atoms with van der Waals surface area (Å²) in [4.78, 5) is 8.03. The van der Waals surface area contributed by atoms with Crippen molar-refractivity contribution < 1.29 is 0 Å². The Balaban J connectivity index is 2.10. The number of nitrogens with one attached hydrogen (secondary N) is 1. The zero-order valence-electron chi connectivity index (χ0n) is 10.7. The van der Waals surface area contributed by atoms with Crippen molar-refractivity contribution in [2.75, 3.05) is 0 Å². The topological polar surface area (TPSA) is 28.7 Å². The zero-order valence-corrected chi connectivity index (χ0v) is 10.7. The van der Waals surface area contributed by atoms with Crippen LogP contribution in [0.15, 0.2) is 42.5 Å². The van der Waals surface area contributed by atoms with Gasteiger partial charge in [-0.25, -0.2) is 4.98 Å². The molecule has 18 heavy (non-hydrogen) atoms. The second-order valence-electron chi connectivity index (χ2n) is 4.66. The quantitative estimate of drug-likeness (QED) is 0.713. The maximum atomic E-state index is 4.63. The minimum Gasteiger partial charge on any atom is -0.338 e. The molecule has 0 spiro atoms. The second kappa shape index (κ2) is 4.30. The van der Waals surface area contributed by atoms with Gasteiger partial charge in [-0.2, -0.15) is 0 Å². The fourth-order valence-electron chi connectivity index (χ4n) is 2.12. The van der Waals surface area contributed by atoms with E-state index < -0.39 is 0 Å². The molecule has 0 bridgehead atoms. The van der Waals surface area contributed by atoms with Crippen LogP contribution in [0.4, 0.5) is 0 Å². The lowest BCUT2D eigenvalue weighted by Crippen LogP contribution is -1.80. The van der Waals surface area contributed by atoms with Crippen LogP contribution in [0.2, 0.25) is 0 Å². The van der Waals surface area contributed by atoms with Gasteiger partial charge >= 0.3 is 0 Å². The molecule has 2 nitrogen and oxygen atoms in total. The second-order valence-corrected chi connectivity index (χ2v) is 4.66. The van der Waals surface area contributed by atoms with Gasteiger partial charge in [0.05, 0.1) is 11.0 Å². The lowest BCUT2D eigenvalue weighted by molar-refractivity contribution is 1.14. The van der Waals surface area contributed by atoms with Crippen LogP contribution in [0.3, 0.4) is 0 Å². The first-order valence-electron chi connectivity index (χ1n) is 6.32. The van der Waals surface area contributed by atoms with Crippen LogP contribution >= 0.6 is 0 Å². The number of aromatic amines is 1. The summed E-state index contributed by atoms with van der Waals surface area (Å²) in [6.45, 7) is 4.26. The normalized spacial score (nSPS) is 11.0. The smallest absolute Gasteiger partial charge is 0.138 e. The predicted molar refractivity (Wildman–Crippen MR) is 75.6 cm³/mol. The molecule has 0 aliphatic rings. The van der Waals surface area contributed by atoms with Crippen LogP contribution in [0, 0.1) is 6.92 Å². The summed E-state index contributed by atoms with van der Waals surface area (Å²) in [6, 6.07) is 14.8. The van der Waals surface area contributed by atoms with E-state index in [0.717, 1.165) is 28.8 Å². The van der Waals surface area contributed by atoms with Gasteiger partial charge in [-0.05, 0) is 31.0 Å². The van der Waals surface area contributed by atoms with Crippen molar-refractivity contribution in [1.82, 2.24) is 9.97 Å². The number of aryl methyl sites for hydroxylation is 2. The first-order valence-corrected chi connectivity index (χ1v) is 6.32. The summed E-state index contributed by atoms with van der Waals surface area (Å²) in [5.74, 6) is 0.943. The standard InChI is InChI=1S/C16H16N2/c1-3-12-6-9-14-15(10-12)18-16(17-14)13-7-4-11(2)5-8-13/h4-10H,3H2,1-2H3,(H,17,18). The molecule has 0 saturated heterocycles. The molecule has 1 heterocycles. The molecule has 2 heteroatoms. The molecule has 0 fully saturated rings. The van der Waals surface area contributed by atoms with E-state index in [1.54, 1.807) is 0 Å². The van der Waals surface area contributed by atoms with Crippen molar-refractivity contribution in [3.05, 3.63) is 53.6 Å². The van der Waals surface area contributed by atoms with Gasteiger partial charge in [0.2, 0.25) is 0 Å². The van der Waals surface area contributed by atoms with E-state index >= 15 is 0 Å². The Bertz CT molecular complexity index is 678. The summed E-state index contributed by atoms with van der Waals surface area (Å²) in [7, 11) is 0. The summed E-state index contributed by atoms with van der Waals surface area (Å²) in [6.07, 6.45) is 1.05. The third-order valence-corrected chi connectivity index (χ3v) is 3.28. The number of hydrogen-bond acceptors (Lipinski definition) is 1. The average Bonchev–Trinajstić information content (AvgIpc) is 2.82. The first kappa shape index (κ1) is 11.0. The highest BCUT2D eigenvalue weighted by molar-refractivity contribution is 5.80. The Morgan fingerprint density at radius 3 is 2.56 bits per heavy atom. The fourth-order valence-corrected chi connectivity index (χ4v) is 2.12. The molecule has 0 radical (unpaired) electrons. The minimum absolute atomic E-state index is 0.943. The average molecular weight is 236 g/mol. The van der Waals surface area contributed by atoms with E-state index in [4.69, 9.17) is 0 Å². The fraction of sp³-hybridized carbons (Fsp3) is 0.188. The minimum atomic E-state index is 0.943. The van der Waals surface area contributed by atoms with Crippen LogP contribution in [0.25, 0.3) is 22.4 Å². The Morgan fingerprint density at radius 1 is 1.06 bits per heavy atom. The number of nitrogens with zero attached hydrogens (tertiary/aromatic N) is 1. The van der Waals surface area contributed by atoms with Crippen LogP contribution in [-0.2, 0) is 6.42 Å². The summed E-state index contributed by atoms with van der Waals surface area (Å²) in [5, 5.41) is 0. The van der Waals surface area contributed by atoms with E-state index in [9.17, 15) is 0 Å². The zero-order chi connectivity index (χ0) is 12.5. The molecule has 0 saturated carbocycles. The number of hydrogen-bond donors (Lipinski definition) is 1. The maximum absolute atomic E-state index is 4.63. The van der Waals surface area contributed by atoms with Gasteiger partial charge < -0.3 is 4.98 Å². The largest absolute Gasteiger partial charge is 0.338 e. The third kappa shape index (κ3) is 1.90. The Labute approximate surface area is 107 Å². The monoisotopic (exact) mass is 236 g/mol. The molecule has 2 aromatic carbocycles. The van der Waals surface area contributed by atoms with Crippen molar-refractivity contribution in [1.29, 1.82) is 0 Å². The third-order valence-electron chi connectivity index (χ3n) is 3.28. The number of fused-ring (bicyclic) bond motifs is 1. The van der Waals surface area contributed by atoms with Gasteiger partial charge in [-0.1, -0.05) is 42.8 Å².